The number of carboxylic acids is 1. The zero-order valence-corrected chi connectivity index (χ0v) is 11.4. The average molecular weight is 287 g/mol. The first-order valence-electron chi connectivity index (χ1n) is 5.34. The highest BCUT2D eigenvalue weighted by molar-refractivity contribution is 7.99. The fourth-order valence-corrected chi connectivity index (χ4v) is 3.36. The highest BCUT2D eigenvalue weighted by atomic mass is 32.2. The second-order valence-electron chi connectivity index (χ2n) is 3.84. The van der Waals surface area contributed by atoms with Crippen molar-refractivity contribution in [3.63, 3.8) is 0 Å². The van der Waals surface area contributed by atoms with Crippen LogP contribution >= 0.6 is 23.1 Å². The highest BCUT2D eigenvalue weighted by Crippen LogP contribution is 2.21. The van der Waals surface area contributed by atoms with Gasteiger partial charge in [0.05, 0.1) is 23.1 Å². The van der Waals surface area contributed by atoms with Crippen LogP contribution in [0.1, 0.15) is 10.7 Å². The zero-order valence-electron chi connectivity index (χ0n) is 9.75. The lowest BCUT2D eigenvalue weighted by atomic mass is 10.3. The van der Waals surface area contributed by atoms with E-state index in [1.54, 1.807) is 0 Å². The summed E-state index contributed by atoms with van der Waals surface area (Å²) in [7, 11) is 0. The quantitative estimate of drug-likeness (QED) is 0.870. The molecule has 0 spiro atoms. The van der Waals surface area contributed by atoms with Gasteiger partial charge in [0.2, 0.25) is 0 Å². The number of nitrogens with one attached hydrogen (secondary N) is 1. The molecule has 18 heavy (non-hydrogen) atoms. The van der Waals surface area contributed by atoms with Gasteiger partial charge in [0.15, 0.2) is 0 Å². The van der Waals surface area contributed by atoms with Crippen molar-refractivity contribution < 1.29 is 14.7 Å². The summed E-state index contributed by atoms with van der Waals surface area (Å²) in [6, 6.07) is -1.08. The first-order valence-corrected chi connectivity index (χ1v) is 7.37. The molecule has 1 aromatic heterocycles. The van der Waals surface area contributed by atoms with Crippen LogP contribution in [0.4, 0.5) is 4.79 Å². The zero-order chi connectivity index (χ0) is 13.1. The number of carboxylic acid groups (broad SMARTS) is 1. The molecule has 1 aliphatic heterocycles. The first kappa shape index (κ1) is 13.2. The van der Waals surface area contributed by atoms with Crippen LogP contribution in [0.3, 0.4) is 0 Å². The van der Waals surface area contributed by atoms with Crippen LogP contribution < -0.4 is 5.32 Å². The number of hydrogen-bond acceptors (Lipinski definition) is 5. The summed E-state index contributed by atoms with van der Waals surface area (Å²) in [6.45, 7) is 2.23. The second kappa shape index (κ2) is 5.57. The lowest BCUT2D eigenvalue weighted by Crippen LogP contribution is -2.46. The minimum Gasteiger partial charge on any atom is -0.480 e. The third kappa shape index (κ3) is 2.94. The number of hydrogen-bond donors (Lipinski definition) is 2. The molecule has 2 N–H and O–H groups in total. The number of aliphatic carboxylic acids is 1. The molecular weight excluding hydrogens is 274 g/mol. The van der Waals surface area contributed by atoms with Gasteiger partial charge in [-0.3, -0.25) is 0 Å². The largest absolute Gasteiger partial charge is 0.480 e. The van der Waals surface area contributed by atoms with Crippen molar-refractivity contribution in [2.45, 2.75) is 19.5 Å². The van der Waals surface area contributed by atoms with Gasteiger partial charge in [-0.05, 0) is 6.92 Å². The topological polar surface area (TPSA) is 82.5 Å². The van der Waals surface area contributed by atoms with Crippen molar-refractivity contribution >= 4 is 35.1 Å². The molecule has 0 aromatic carbocycles. The number of thiazole rings is 1. The number of amides is 2. The Bertz CT molecular complexity index is 463. The van der Waals surface area contributed by atoms with E-state index in [1.165, 1.54) is 28.0 Å². The number of urea groups is 1. The van der Waals surface area contributed by atoms with Crippen molar-refractivity contribution in [2.75, 3.05) is 11.6 Å². The summed E-state index contributed by atoms with van der Waals surface area (Å²) in [5.41, 5.74) is 0.796. The van der Waals surface area contributed by atoms with Crippen molar-refractivity contribution in [2.24, 2.45) is 0 Å². The van der Waals surface area contributed by atoms with Gasteiger partial charge in [-0.25, -0.2) is 14.6 Å². The fraction of sp³-hybridized carbons (Fsp3) is 0.500. The lowest BCUT2D eigenvalue weighted by Gasteiger charge is -2.20. The number of carbonyl (C=O) groups is 2. The van der Waals surface area contributed by atoms with Crippen molar-refractivity contribution in [1.82, 2.24) is 15.2 Å². The van der Waals surface area contributed by atoms with Crippen LogP contribution in [-0.4, -0.2) is 44.7 Å². The Morgan fingerprint density at radius 2 is 2.44 bits per heavy atom. The maximum Gasteiger partial charge on any atom is 0.327 e. The first-order chi connectivity index (χ1) is 8.58. The van der Waals surface area contributed by atoms with Crippen LogP contribution in [-0.2, 0) is 11.3 Å². The second-order valence-corrected chi connectivity index (χ2v) is 5.90. The highest BCUT2D eigenvalue weighted by Gasteiger charge is 2.34. The molecule has 2 amide bonds. The monoisotopic (exact) mass is 287 g/mol. The van der Waals surface area contributed by atoms with E-state index in [4.69, 9.17) is 5.11 Å². The summed E-state index contributed by atoms with van der Waals surface area (Å²) >= 11 is 2.96. The summed E-state index contributed by atoms with van der Waals surface area (Å²) in [6.07, 6.45) is 0. The van der Waals surface area contributed by atoms with E-state index >= 15 is 0 Å². The number of carbonyl (C=O) groups excluding carboxylic acids is 1. The predicted molar refractivity (Wildman–Crippen MR) is 69.7 cm³/mol. The van der Waals surface area contributed by atoms with Gasteiger partial charge in [0.1, 0.15) is 6.04 Å². The average Bonchev–Trinajstić information content (AvgIpc) is 2.94. The SMILES string of the molecule is Cc1nc(CNC(=O)N2CSCC2C(=O)O)cs1. The molecule has 1 aliphatic rings. The number of thioether (sulfide) groups is 1. The van der Waals surface area contributed by atoms with Crippen LogP contribution in [0.25, 0.3) is 0 Å². The maximum absolute atomic E-state index is 11.9. The Labute approximate surface area is 112 Å². The van der Waals surface area contributed by atoms with Crippen molar-refractivity contribution in [1.29, 1.82) is 0 Å². The molecule has 0 saturated carbocycles. The molecule has 6 nitrogen and oxygen atoms in total. The molecule has 98 valence electrons. The van der Waals surface area contributed by atoms with Crippen LogP contribution in [0.15, 0.2) is 5.38 Å². The van der Waals surface area contributed by atoms with Gasteiger partial charge in [0, 0.05) is 11.1 Å². The predicted octanol–water partition coefficient (Wildman–Crippen LogP) is 1.12. The number of aryl methyl sites for hydroxylation is 1. The lowest BCUT2D eigenvalue weighted by molar-refractivity contribution is -0.140. The molecule has 1 fully saturated rings. The molecular formula is C10H13N3O3S2. The molecule has 1 atom stereocenters. The van der Waals surface area contributed by atoms with Crippen LogP contribution in [0, 0.1) is 6.92 Å². The molecule has 0 aliphatic carbocycles. The number of aromatic nitrogens is 1. The molecule has 0 bridgehead atoms. The third-order valence-electron chi connectivity index (χ3n) is 2.52. The van der Waals surface area contributed by atoms with Gasteiger partial charge in [0.25, 0.3) is 0 Å². The Balaban J connectivity index is 1.89. The molecule has 2 heterocycles. The van der Waals surface area contributed by atoms with E-state index in [1.807, 2.05) is 12.3 Å². The minimum atomic E-state index is -0.959. The Hall–Kier alpha value is -1.28. The van der Waals surface area contributed by atoms with Crippen LogP contribution in [0.5, 0.6) is 0 Å². The van der Waals surface area contributed by atoms with E-state index in [-0.39, 0.29) is 6.03 Å². The van der Waals surface area contributed by atoms with E-state index in [2.05, 4.69) is 10.3 Å². The standard InChI is InChI=1S/C10H13N3O3S2/c1-6-12-7(3-18-6)2-11-10(16)13-5-17-4-8(13)9(14)15/h3,8H,2,4-5H2,1H3,(H,11,16)(H,14,15). The maximum atomic E-state index is 11.9. The van der Waals surface area contributed by atoms with Gasteiger partial charge in [-0.1, -0.05) is 0 Å². The minimum absolute atomic E-state index is 0.330. The van der Waals surface area contributed by atoms with Crippen LogP contribution in [0.2, 0.25) is 0 Å². The van der Waals surface area contributed by atoms with Gasteiger partial charge < -0.3 is 15.3 Å². The van der Waals surface area contributed by atoms with E-state index < -0.39 is 12.0 Å². The van der Waals surface area contributed by atoms with E-state index in [9.17, 15) is 9.59 Å². The van der Waals surface area contributed by atoms with E-state index in [0.717, 1.165) is 10.7 Å². The fourth-order valence-electron chi connectivity index (χ4n) is 1.60. The third-order valence-corrected chi connectivity index (χ3v) is 4.35. The molecule has 1 saturated heterocycles. The Morgan fingerprint density at radius 3 is 3.06 bits per heavy atom. The van der Waals surface area contributed by atoms with Gasteiger partial charge >= 0.3 is 12.0 Å². The molecule has 8 heteroatoms. The Morgan fingerprint density at radius 1 is 1.67 bits per heavy atom. The van der Waals surface area contributed by atoms with Gasteiger partial charge in [-0.2, -0.15) is 0 Å². The van der Waals surface area contributed by atoms with E-state index in [0.29, 0.717) is 18.2 Å². The summed E-state index contributed by atoms with van der Waals surface area (Å²) < 4.78 is 0. The Kier molecular flexibility index (Phi) is 4.07. The summed E-state index contributed by atoms with van der Waals surface area (Å²) in [5.74, 6) is -0.100. The molecule has 0 radical (unpaired) electrons. The number of nitrogens with zero attached hydrogens (tertiary/aromatic N) is 2. The summed E-state index contributed by atoms with van der Waals surface area (Å²) in [5, 5.41) is 14.5. The van der Waals surface area contributed by atoms with Crippen molar-refractivity contribution in [3.8, 4) is 0 Å². The number of rotatable bonds is 3. The smallest absolute Gasteiger partial charge is 0.327 e. The normalized spacial score (nSPS) is 18.9. The van der Waals surface area contributed by atoms with Gasteiger partial charge in [-0.15, -0.1) is 23.1 Å². The molecule has 1 unspecified atom stereocenters. The molecule has 2 rings (SSSR count). The molecule has 1 aromatic rings. The van der Waals surface area contributed by atoms with Crippen molar-refractivity contribution in [3.05, 3.63) is 16.1 Å². The summed E-state index contributed by atoms with van der Waals surface area (Å²) in [4.78, 5) is 28.4.